The molecule has 0 saturated heterocycles. The number of rotatable bonds is 6. The zero-order valence-corrected chi connectivity index (χ0v) is 14.9. The zero-order valence-electron chi connectivity index (χ0n) is 11.7. The van der Waals surface area contributed by atoms with Gasteiger partial charge in [0.15, 0.2) is 0 Å². The molecule has 0 bridgehead atoms. The number of halogens is 2. The average molecular weight is 373 g/mol. The molecule has 0 saturated carbocycles. The van der Waals surface area contributed by atoms with Crippen LogP contribution in [-0.2, 0) is 6.42 Å². The number of hydrogen-bond donors (Lipinski definition) is 1. The minimum Gasteiger partial charge on any atom is -0.310 e. The SMILES string of the molecule is CCCNC(Cc1ccc(Br)s1)c1cccc(C)c1Cl. The highest BCUT2D eigenvalue weighted by molar-refractivity contribution is 9.11. The Morgan fingerprint density at radius 1 is 1.30 bits per heavy atom. The van der Waals surface area contributed by atoms with Crippen LogP contribution < -0.4 is 5.32 Å². The lowest BCUT2D eigenvalue weighted by atomic mass is 10.0. The molecule has 0 aliphatic carbocycles. The van der Waals surface area contributed by atoms with Crippen LogP contribution in [0.3, 0.4) is 0 Å². The first-order chi connectivity index (χ1) is 9.61. The van der Waals surface area contributed by atoms with Crippen molar-refractivity contribution in [3.05, 3.63) is 55.1 Å². The van der Waals surface area contributed by atoms with Gasteiger partial charge in [0.25, 0.3) is 0 Å². The number of nitrogens with one attached hydrogen (secondary N) is 1. The first-order valence-electron chi connectivity index (χ1n) is 6.84. The molecule has 2 rings (SSSR count). The molecule has 20 heavy (non-hydrogen) atoms. The van der Waals surface area contributed by atoms with Crippen molar-refractivity contribution in [2.75, 3.05) is 6.54 Å². The Balaban J connectivity index is 2.24. The third-order valence-electron chi connectivity index (χ3n) is 3.27. The van der Waals surface area contributed by atoms with Crippen molar-refractivity contribution >= 4 is 38.9 Å². The molecule has 1 aromatic carbocycles. The summed E-state index contributed by atoms with van der Waals surface area (Å²) < 4.78 is 1.18. The molecule has 0 aliphatic rings. The quantitative estimate of drug-likeness (QED) is 0.680. The summed E-state index contributed by atoms with van der Waals surface area (Å²) in [5.41, 5.74) is 2.34. The maximum absolute atomic E-state index is 6.49. The van der Waals surface area contributed by atoms with Crippen molar-refractivity contribution in [3.63, 3.8) is 0 Å². The Kier molecular flexibility index (Phi) is 6.09. The highest BCUT2D eigenvalue weighted by Crippen LogP contribution is 2.31. The molecule has 1 unspecified atom stereocenters. The molecule has 1 atom stereocenters. The van der Waals surface area contributed by atoms with E-state index in [-0.39, 0.29) is 6.04 Å². The average Bonchev–Trinajstić information content (AvgIpc) is 2.83. The fraction of sp³-hybridized carbons (Fsp3) is 0.375. The van der Waals surface area contributed by atoms with Gasteiger partial charge in [-0.15, -0.1) is 11.3 Å². The number of benzene rings is 1. The molecule has 0 radical (unpaired) electrons. The van der Waals surface area contributed by atoms with Crippen LogP contribution in [0.4, 0.5) is 0 Å². The third kappa shape index (κ3) is 4.08. The van der Waals surface area contributed by atoms with E-state index in [1.54, 1.807) is 11.3 Å². The molecule has 0 fully saturated rings. The first kappa shape index (κ1) is 16.0. The predicted molar refractivity (Wildman–Crippen MR) is 92.9 cm³/mol. The summed E-state index contributed by atoms with van der Waals surface area (Å²) in [7, 11) is 0. The van der Waals surface area contributed by atoms with Crippen LogP contribution in [0.15, 0.2) is 34.1 Å². The normalized spacial score (nSPS) is 12.6. The lowest BCUT2D eigenvalue weighted by Crippen LogP contribution is -2.24. The summed E-state index contributed by atoms with van der Waals surface area (Å²) in [6.07, 6.45) is 2.09. The van der Waals surface area contributed by atoms with Crippen LogP contribution >= 0.6 is 38.9 Å². The Labute approximate surface area is 138 Å². The summed E-state index contributed by atoms with van der Waals surface area (Å²) in [6.45, 7) is 5.25. The molecule has 108 valence electrons. The van der Waals surface area contributed by atoms with E-state index in [1.165, 1.54) is 14.2 Å². The molecule has 0 amide bonds. The lowest BCUT2D eigenvalue weighted by Gasteiger charge is -2.20. The van der Waals surface area contributed by atoms with E-state index in [0.717, 1.165) is 30.0 Å². The van der Waals surface area contributed by atoms with Crippen molar-refractivity contribution < 1.29 is 0 Å². The van der Waals surface area contributed by atoms with Crippen molar-refractivity contribution in [1.29, 1.82) is 0 Å². The largest absolute Gasteiger partial charge is 0.310 e. The van der Waals surface area contributed by atoms with E-state index in [4.69, 9.17) is 11.6 Å². The fourth-order valence-electron chi connectivity index (χ4n) is 2.21. The van der Waals surface area contributed by atoms with Gasteiger partial charge in [-0.05, 0) is 59.1 Å². The standard InChI is InChI=1S/C16H19BrClNS/c1-3-9-19-14(10-12-7-8-15(17)20-12)13-6-4-5-11(2)16(13)18/h4-8,14,19H,3,9-10H2,1-2H3. The van der Waals surface area contributed by atoms with Crippen LogP contribution in [0.2, 0.25) is 5.02 Å². The minimum atomic E-state index is 0.271. The van der Waals surface area contributed by atoms with Crippen molar-refractivity contribution in [2.24, 2.45) is 0 Å². The van der Waals surface area contributed by atoms with E-state index in [0.29, 0.717) is 0 Å². The van der Waals surface area contributed by atoms with Gasteiger partial charge >= 0.3 is 0 Å². The van der Waals surface area contributed by atoms with Crippen LogP contribution in [0.25, 0.3) is 0 Å². The van der Waals surface area contributed by atoms with Crippen molar-refractivity contribution in [3.8, 4) is 0 Å². The van der Waals surface area contributed by atoms with E-state index in [2.05, 4.69) is 65.4 Å². The van der Waals surface area contributed by atoms with E-state index >= 15 is 0 Å². The molecule has 0 aliphatic heterocycles. The third-order valence-corrected chi connectivity index (χ3v) is 5.43. The molecule has 2 aromatic rings. The van der Waals surface area contributed by atoms with Gasteiger partial charge in [0.2, 0.25) is 0 Å². The van der Waals surface area contributed by atoms with E-state index in [9.17, 15) is 0 Å². The van der Waals surface area contributed by atoms with Crippen LogP contribution in [0, 0.1) is 6.92 Å². The van der Waals surface area contributed by atoms with Crippen molar-refractivity contribution in [1.82, 2.24) is 5.32 Å². The Morgan fingerprint density at radius 2 is 2.10 bits per heavy atom. The molecule has 1 N–H and O–H groups in total. The molecule has 1 aromatic heterocycles. The summed E-state index contributed by atoms with van der Waals surface area (Å²) in [5, 5.41) is 4.50. The molecular formula is C16H19BrClNS. The highest BCUT2D eigenvalue weighted by Gasteiger charge is 2.16. The maximum Gasteiger partial charge on any atom is 0.0701 e. The summed E-state index contributed by atoms with van der Waals surface area (Å²) in [4.78, 5) is 1.36. The zero-order chi connectivity index (χ0) is 14.5. The Bertz CT molecular complexity index is 567. The molecule has 1 nitrogen and oxygen atoms in total. The van der Waals surface area contributed by atoms with E-state index < -0.39 is 0 Å². The monoisotopic (exact) mass is 371 g/mol. The van der Waals surface area contributed by atoms with Crippen LogP contribution in [-0.4, -0.2) is 6.54 Å². The smallest absolute Gasteiger partial charge is 0.0701 e. The highest BCUT2D eigenvalue weighted by atomic mass is 79.9. The summed E-state index contributed by atoms with van der Waals surface area (Å²) in [5.74, 6) is 0. The number of hydrogen-bond acceptors (Lipinski definition) is 2. The fourth-order valence-corrected chi connectivity index (χ4v) is 4.00. The maximum atomic E-state index is 6.49. The Morgan fingerprint density at radius 3 is 2.75 bits per heavy atom. The summed E-state index contributed by atoms with van der Waals surface area (Å²) in [6, 6.07) is 10.8. The minimum absolute atomic E-state index is 0.271. The summed E-state index contributed by atoms with van der Waals surface area (Å²) >= 11 is 11.8. The topological polar surface area (TPSA) is 12.0 Å². The van der Waals surface area contributed by atoms with Gasteiger partial charge in [-0.3, -0.25) is 0 Å². The van der Waals surface area contributed by atoms with Crippen LogP contribution in [0.1, 0.15) is 35.4 Å². The number of thiophene rings is 1. The van der Waals surface area contributed by atoms with Gasteiger partial charge in [-0.1, -0.05) is 36.7 Å². The van der Waals surface area contributed by atoms with Gasteiger partial charge in [0.05, 0.1) is 3.79 Å². The second kappa shape index (κ2) is 7.60. The lowest BCUT2D eigenvalue weighted by molar-refractivity contribution is 0.532. The van der Waals surface area contributed by atoms with Gasteiger partial charge in [-0.2, -0.15) is 0 Å². The number of aryl methyl sites for hydroxylation is 1. The molecular weight excluding hydrogens is 354 g/mol. The van der Waals surface area contributed by atoms with Gasteiger partial charge < -0.3 is 5.32 Å². The van der Waals surface area contributed by atoms with Crippen LogP contribution in [0.5, 0.6) is 0 Å². The second-order valence-corrected chi connectivity index (χ2v) is 7.82. The van der Waals surface area contributed by atoms with Gasteiger partial charge in [-0.25, -0.2) is 0 Å². The van der Waals surface area contributed by atoms with Gasteiger partial charge in [0.1, 0.15) is 0 Å². The second-order valence-electron chi connectivity index (χ2n) is 4.89. The van der Waals surface area contributed by atoms with E-state index in [1.807, 2.05) is 0 Å². The predicted octanol–water partition coefficient (Wildman–Crippen LogP) is 5.76. The molecule has 0 spiro atoms. The molecule has 1 heterocycles. The van der Waals surface area contributed by atoms with Crippen molar-refractivity contribution in [2.45, 2.75) is 32.7 Å². The van der Waals surface area contributed by atoms with Gasteiger partial charge in [0, 0.05) is 22.4 Å². The molecule has 4 heteroatoms. The first-order valence-corrected chi connectivity index (χ1v) is 8.83. The Hall–Kier alpha value is -0.350.